The lowest BCUT2D eigenvalue weighted by Crippen LogP contribution is -2.54. The fourth-order valence-electron chi connectivity index (χ4n) is 6.90. The number of piperidine rings is 1. The molecule has 0 aliphatic carbocycles. The Kier molecular flexibility index (Phi) is 9.92. The highest BCUT2D eigenvalue weighted by molar-refractivity contribution is 6.23. The number of fused-ring (bicyclic) bond motifs is 2. The zero-order valence-corrected chi connectivity index (χ0v) is 30.2. The number of nitrogens with zero attached hydrogens (tertiary/aromatic N) is 7. The highest BCUT2D eigenvalue weighted by Crippen LogP contribution is 2.38. The van der Waals surface area contributed by atoms with Crippen molar-refractivity contribution in [3.8, 4) is 28.4 Å². The highest BCUT2D eigenvalue weighted by atomic mass is 16.5. The van der Waals surface area contributed by atoms with Crippen LogP contribution in [0.3, 0.4) is 0 Å². The van der Waals surface area contributed by atoms with Gasteiger partial charge in [-0.05, 0) is 73.8 Å². The minimum Gasteiger partial charge on any atom is -0.496 e. The van der Waals surface area contributed by atoms with Gasteiger partial charge in [-0.15, -0.1) is 5.10 Å². The molecule has 7 rings (SSSR count). The molecule has 0 radical (unpaired) electrons. The van der Waals surface area contributed by atoms with Gasteiger partial charge in [-0.3, -0.25) is 43.9 Å². The molecule has 5 aromatic rings. The number of aromatic nitrogens is 5. The number of pyridine rings is 2. The zero-order valence-electron chi connectivity index (χ0n) is 30.2. The number of methoxy groups -OCH3 is 2. The SMILES string of the molecule is COc1cc(-c2cn(C)c(=O)c3cnccc23)cc(OC)c1CN(C)CCCn1cc(COc2ccc3c(c2)C(=O)N(C2CCC(=O)NC2=O)C3=O)nn1. The lowest BCUT2D eigenvalue weighted by molar-refractivity contribution is -0.136. The second kappa shape index (κ2) is 14.9. The number of aryl methyl sites for hydroxylation is 2. The molecule has 2 aliphatic heterocycles. The quantitative estimate of drug-likeness (QED) is 0.175. The Bertz CT molecular complexity index is 2340. The molecule has 16 nitrogen and oxygen atoms in total. The van der Waals surface area contributed by atoms with Gasteiger partial charge in [-0.25, -0.2) is 0 Å². The van der Waals surface area contributed by atoms with Gasteiger partial charge in [0, 0.05) is 50.7 Å². The van der Waals surface area contributed by atoms with E-state index < -0.39 is 29.7 Å². The number of hydrogen-bond donors (Lipinski definition) is 1. The standard InChI is InChI=1S/C38H38N8O8/c1-43(19-30-32(52-3)14-22(15-33(30)53-4)29-20-44(2)36(49)28-17-39-11-10-25(28)29)12-5-13-45-18-23(41-42-45)21-54-24-6-7-26-27(16-24)38(51)46(37(26)50)31-8-9-34(47)40-35(31)48/h6-7,10-11,14-18,20,31H,5,8-9,12-13,19,21H2,1-4H3,(H,40,47,48). The Hall–Kier alpha value is -6.42. The lowest BCUT2D eigenvalue weighted by Gasteiger charge is -2.27. The molecule has 0 saturated carbocycles. The van der Waals surface area contributed by atoms with Crippen LogP contribution in [0, 0.1) is 0 Å². The van der Waals surface area contributed by atoms with Gasteiger partial charge in [0.1, 0.15) is 35.6 Å². The van der Waals surface area contributed by atoms with Crippen LogP contribution in [-0.4, -0.2) is 91.8 Å². The van der Waals surface area contributed by atoms with Crippen molar-refractivity contribution in [2.45, 2.75) is 45.0 Å². The molecule has 2 aliphatic rings. The predicted octanol–water partition coefficient (Wildman–Crippen LogP) is 2.71. The van der Waals surface area contributed by atoms with Crippen LogP contribution < -0.4 is 25.1 Å². The lowest BCUT2D eigenvalue weighted by atomic mass is 9.99. The van der Waals surface area contributed by atoms with Crippen LogP contribution in [0.5, 0.6) is 17.2 Å². The van der Waals surface area contributed by atoms with E-state index in [0.717, 1.165) is 39.9 Å². The third-order valence-electron chi connectivity index (χ3n) is 9.64. The van der Waals surface area contributed by atoms with E-state index in [2.05, 4.69) is 25.5 Å². The highest BCUT2D eigenvalue weighted by Gasteiger charge is 2.44. The van der Waals surface area contributed by atoms with Gasteiger partial charge in [-0.1, -0.05) is 5.21 Å². The summed E-state index contributed by atoms with van der Waals surface area (Å²) in [5.41, 5.74) is 3.37. The first-order valence-electron chi connectivity index (χ1n) is 17.3. The Labute approximate surface area is 309 Å². The van der Waals surface area contributed by atoms with Crippen molar-refractivity contribution in [1.82, 2.24) is 39.7 Å². The van der Waals surface area contributed by atoms with Crippen molar-refractivity contribution in [2.24, 2.45) is 7.05 Å². The summed E-state index contributed by atoms with van der Waals surface area (Å²) in [5.74, 6) is -0.585. The summed E-state index contributed by atoms with van der Waals surface area (Å²) in [6.45, 7) is 1.97. The fraction of sp³-hybridized carbons (Fsp3) is 0.316. The monoisotopic (exact) mass is 734 g/mol. The van der Waals surface area contributed by atoms with Crippen molar-refractivity contribution in [3.63, 3.8) is 0 Å². The minimum atomic E-state index is -1.04. The molecular formula is C38H38N8O8. The van der Waals surface area contributed by atoms with Gasteiger partial charge in [0.15, 0.2) is 0 Å². The summed E-state index contributed by atoms with van der Waals surface area (Å²) in [6, 6.07) is 9.27. The number of carbonyl (C=O) groups excluding carboxylic acids is 4. The van der Waals surface area contributed by atoms with E-state index in [4.69, 9.17) is 14.2 Å². The van der Waals surface area contributed by atoms with Crippen LogP contribution in [-0.2, 0) is 36.3 Å². The molecule has 1 saturated heterocycles. The number of carbonyl (C=O) groups is 4. The number of nitrogens with one attached hydrogen (secondary N) is 1. The Morgan fingerprint density at radius 2 is 1.69 bits per heavy atom. The number of ether oxygens (including phenoxy) is 3. The van der Waals surface area contributed by atoms with Crippen molar-refractivity contribution < 1.29 is 33.4 Å². The molecule has 16 heteroatoms. The summed E-state index contributed by atoms with van der Waals surface area (Å²) in [6.07, 6.45) is 7.75. The number of benzene rings is 2. The average molecular weight is 735 g/mol. The van der Waals surface area contributed by atoms with Crippen molar-refractivity contribution in [1.29, 1.82) is 0 Å². The molecular weight excluding hydrogens is 696 g/mol. The van der Waals surface area contributed by atoms with Gasteiger partial charge in [0.25, 0.3) is 17.4 Å². The number of imide groups is 2. The van der Waals surface area contributed by atoms with Gasteiger partial charge in [0.05, 0.1) is 42.5 Å². The van der Waals surface area contributed by atoms with Gasteiger partial charge >= 0.3 is 0 Å². The molecule has 0 spiro atoms. The summed E-state index contributed by atoms with van der Waals surface area (Å²) < 4.78 is 20.8. The first kappa shape index (κ1) is 36.0. The molecule has 0 bridgehead atoms. The maximum absolute atomic E-state index is 13.1. The van der Waals surface area contributed by atoms with Gasteiger partial charge < -0.3 is 23.7 Å². The van der Waals surface area contributed by atoms with E-state index in [1.54, 1.807) is 55.2 Å². The average Bonchev–Trinajstić information content (AvgIpc) is 3.73. The molecule has 54 heavy (non-hydrogen) atoms. The van der Waals surface area contributed by atoms with E-state index in [9.17, 15) is 24.0 Å². The Morgan fingerprint density at radius 3 is 2.43 bits per heavy atom. The van der Waals surface area contributed by atoms with Crippen LogP contribution >= 0.6 is 0 Å². The first-order chi connectivity index (χ1) is 26.1. The van der Waals surface area contributed by atoms with Crippen LogP contribution in [0.2, 0.25) is 0 Å². The first-order valence-corrected chi connectivity index (χ1v) is 17.3. The summed E-state index contributed by atoms with van der Waals surface area (Å²) in [5, 5.41) is 12.0. The van der Waals surface area contributed by atoms with Crippen molar-refractivity contribution in [3.05, 3.63) is 93.9 Å². The predicted molar refractivity (Wildman–Crippen MR) is 194 cm³/mol. The smallest absolute Gasteiger partial charge is 0.262 e. The summed E-state index contributed by atoms with van der Waals surface area (Å²) in [7, 11) is 6.98. The van der Waals surface area contributed by atoms with Crippen LogP contribution in [0.4, 0.5) is 0 Å². The number of amides is 4. The topological polar surface area (TPSA) is 180 Å². The van der Waals surface area contributed by atoms with E-state index >= 15 is 0 Å². The zero-order chi connectivity index (χ0) is 38.1. The molecule has 1 atom stereocenters. The van der Waals surface area contributed by atoms with Crippen LogP contribution in [0.15, 0.2) is 66.0 Å². The van der Waals surface area contributed by atoms with Crippen LogP contribution in [0.25, 0.3) is 21.9 Å². The Morgan fingerprint density at radius 1 is 0.926 bits per heavy atom. The van der Waals surface area contributed by atoms with Crippen molar-refractivity contribution in [2.75, 3.05) is 27.8 Å². The van der Waals surface area contributed by atoms with Crippen LogP contribution in [0.1, 0.15) is 51.2 Å². The molecule has 5 heterocycles. The third kappa shape index (κ3) is 6.90. The molecule has 1 N–H and O–H groups in total. The molecule has 2 aromatic carbocycles. The molecule has 278 valence electrons. The second-order valence-corrected chi connectivity index (χ2v) is 13.2. The van der Waals surface area contributed by atoms with E-state index in [1.807, 2.05) is 31.4 Å². The third-order valence-corrected chi connectivity index (χ3v) is 9.64. The summed E-state index contributed by atoms with van der Waals surface area (Å²) >= 11 is 0. The van der Waals surface area contributed by atoms with Crippen molar-refractivity contribution >= 4 is 34.4 Å². The Balaban J connectivity index is 0.946. The normalized spacial score (nSPS) is 15.6. The summed E-state index contributed by atoms with van der Waals surface area (Å²) in [4.78, 5) is 69.9. The maximum Gasteiger partial charge on any atom is 0.262 e. The van der Waals surface area contributed by atoms with Gasteiger partial charge in [0.2, 0.25) is 11.8 Å². The van der Waals surface area contributed by atoms with E-state index in [-0.39, 0.29) is 36.1 Å². The molecule has 4 amide bonds. The second-order valence-electron chi connectivity index (χ2n) is 13.2. The maximum atomic E-state index is 13.1. The van der Waals surface area contributed by atoms with E-state index in [0.29, 0.717) is 41.4 Å². The fourth-order valence-corrected chi connectivity index (χ4v) is 6.90. The molecule has 1 fully saturated rings. The molecule has 1 unspecified atom stereocenters. The molecule has 3 aromatic heterocycles. The number of rotatable bonds is 13. The minimum absolute atomic E-state index is 0.0485. The number of hydrogen-bond acceptors (Lipinski definition) is 12. The van der Waals surface area contributed by atoms with Gasteiger partial charge in [-0.2, -0.15) is 0 Å². The largest absolute Gasteiger partial charge is 0.496 e. The van der Waals surface area contributed by atoms with E-state index in [1.165, 1.54) is 12.1 Å².